The molecule has 1 unspecified atom stereocenters. The molecule has 2 N–H and O–H groups in total. The van der Waals surface area contributed by atoms with E-state index in [0.29, 0.717) is 23.2 Å². The molecule has 1 aliphatic rings. The van der Waals surface area contributed by atoms with E-state index in [0.717, 1.165) is 30.7 Å². The van der Waals surface area contributed by atoms with Crippen LogP contribution < -0.4 is 10.1 Å². The number of aromatic amines is 1. The summed E-state index contributed by atoms with van der Waals surface area (Å²) in [6.45, 7) is 7.86. The van der Waals surface area contributed by atoms with Crippen LogP contribution in [0.2, 0.25) is 0 Å². The zero-order valence-electron chi connectivity index (χ0n) is 14.1. The van der Waals surface area contributed by atoms with Gasteiger partial charge in [-0.2, -0.15) is 5.10 Å². The van der Waals surface area contributed by atoms with Crippen LogP contribution in [-0.4, -0.2) is 46.3 Å². The summed E-state index contributed by atoms with van der Waals surface area (Å²) in [5.41, 5.74) is 0.704. The average molecular weight is 325 g/mol. The Kier molecular flexibility index (Phi) is 4.96. The van der Waals surface area contributed by atoms with Gasteiger partial charge in [0.2, 0.25) is 0 Å². The van der Waals surface area contributed by atoms with Crippen molar-refractivity contribution in [2.45, 2.75) is 19.4 Å². The topological polar surface area (TPSA) is 66.1 Å². The van der Waals surface area contributed by atoms with E-state index < -0.39 is 0 Å². The molecule has 0 bridgehead atoms. The van der Waals surface area contributed by atoms with Gasteiger partial charge in [-0.3, -0.25) is 5.10 Å². The second kappa shape index (κ2) is 7.31. The first-order valence-corrected chi connectivity index (χ1v) is 8.12. The molecule has 6 nitrogen and oxygen atoms in total. The molecule has 0 aliphatic carbocycles. The predicted octanol–water partition coefficient (Wildman–Crippen LogP) is 3.10. The van der Waals surface area contributed by atoms with E-state index in [1.54, 1.807) is 12.3 Å². The Bertz CT molecular complexity index is 777. The molecule has 0 radical (unpaired) electrons. The highest BCUT2D eigenvalue weighted by atomic mass is 16.5. The van der Waals surface area contributed by atoms with Gasteiger partial charge < -0.3 is 15.0 Å². The summed E-state index contributed by atoms with van der Waals surface area (Å²) in [5.74, 6) is 2.16. The number of fused-ring (bicyclic) bond motifs is 1. The number of hydrogen-bond acceptors (Lipinski definition) is 5. The molecular weight excluding hydrogens is 302 g/mol. The Labute approximate surface area is 141 Å². The molecule has 3 rings (SSSR count). The summed E-state index contributed by atoms with van der Waals surface area (Å²) in [6, 6.07) is 2.23. The third kappa shape index (κ3) is 3.49. The van der Waals surface area contributed by atoms with Crippen molar-refractivity contribution in [3.63, 3.8) is 0 Å². The van der Waals surface area contributed by atoms with Crippen LogP contribution in [0.1, 0.15) is 13.3 Å². The Morgan fingerprint density at radius 3 is 3.12 bits per heavy atom. The zero-order chi connectivity index (χ0) is 16.9. The smallest absolute Gasteiger partial charge is 0.161 e. The maximum atomic E-state index is 6.00. The number of aromatic nitrogens is 3. The molecule has 24 heavy (non-hydrogen) atoms. The van der Waals surface area contributed by atoms with Crippen molar-refractivity contribution < 1.29 is 4.74 Å². The largest absolute Gasteiger partial charge is 0.456 e. The van der Waals surface area contributed by atoms with Crippen molar-refractivity contribution in [3.05, 3.63) is 48.9 Å². The summed E-state index contributed by atoms with van der Waals surface area (Å²) in [7, 11) is 2.13. The number of nitrogens with one attached hydrogen (secondary N) is 2. The summed E-state index contributed by atoms with van der Waals surface area (Å²) in [6.07, 6.45) is 10.2. The molecule has 3 heterocycles. The van der Waals surface area contributed by atoms with Gasteiger partial charge in [-0.25, -0.2) is 4.98 Å². The fraction of sp³-hybridized carbons (Fsp3) is 0.333. The zero-order valence-corrected chi connectivity index (χ0v) is 14.1. The Balaban J connectivity index is 1.90. The first-order valence-electron chi connectivity index (χ1n) is 8.12. The molecule has 6 heteroatoms. The summed E-state index contributed by atoms with van der Waals surface area (Å²) in [4.78, 5) is 6.64. The number of rotatable bonds is 6. The van der Waals surface area contributed by atoms with Crippen molar-refractivity contribution in [2.24, 2.45) is 0 Å². The van der Waals surface area contributed by atoms with Crippen molar-refractivity contribution in [2.75, 3.05) is 25.5 Å². The Morgan fingerprint density at radius 1 is 1.54 bits per heavy atom. The van der Waals surface area contributed by atoms with Crippen LogP contribution in [0.3, 0.4) is 0 Å². The molecule has 1 atom stereocenters. The van der Waals surface area contributed by atoms with Crippen LogP contribution in [0.25, 0.3) is 11.0 Å². The number of H-pyrrole nitrogens is 1. The summed E-state index contributed by atoms with van der Waals surface area (Å²) >= 11 is 0. The molecule has 1 fully saturated rings. The van der Waals surface area contributed by atoms with E-state index in [2.05, 4.69) is 39.0 Å². The standard InChI is InChI=1S/C18H23N5O/c1-4-6-7-14(5-2)24-15-8-10-19-17-16(15)18(22-21-17)20-13-9-11-23(3)12-13/h4-8,10,13H,2,9,11-12H2,1,3H3,(H2,19,20,21,22)/b6-4-,14-7+. The maximum absolute atomic E-state index is 6.00. The first kappa shape index (κ1) is 16.3. The monoisotopic (exact) mass is 325 g/mol. The van der Waals surface area contributed by atoms with Gasteiger partial charge in [0.25, 0.3) is 0 Å². The average Bonchev–Trinajstić information content (AvgIpc) is 3.19. The quantitative estimate of drug-likeness (QED) is 0.631. The van der Waals surface area contributed by atoms with Crippen LogP contribution in [0, 0.1) is 0 Å². The highest BCUT2D eigenvalue weighted by Gasteiger charge is 2.22. The van der Waals surface area contributed by atoms with Crippen molar-refractivity contribution in [1.82, 2.24) is 20.1 Å². The van der Waals surface area contributed by atoms with Gasteiger partial charge in [0.05, 0.1) is 0 Å². The Morgan fingerprint density at radius 2 is 2.42 bits per heavy atom. The lowest BCUT2D eigenvalue weighted by Crippen LogP contribution is -2.23. The molecule has 0 amide bonds. The van der Waals surface area contributed by atoms with Gasteiger partial charge in [0, 0.05) is 24.8 Å². The fourth-order valence-electron chi connectivity index (χ4n) is 2.82. The van der Waals surface area contributed by atoms with E-state index in [1.165, 1.54) is 0 Å². The number of nitrogens with zero attached hydrogens (tertiary/aromatic N) is 3. The normalized spacial score (nSPS) is 19.2. The molecule has 126 valence electrons. The molecule has 0 aromatic carbocycles. The van der Waals surface area contributed by atoms with Gasteiger partial charge in [-0.1, -0.05) is 18.7 Å². The van der Waals surface area contributed by atoms with Gasteiger partial charge in [-0.05, 0) is 39.1 Å². The van der Waals surface area contributed by atoms with Crippen LogP contribution >= 0.6 is 0 Å². The van der Waals surface area contributed by atoms with Crippen molar-refractivity contribution >= 4 is 16.9 Å². The van der Waals surface area contributed by atoms with Gasteiger partial charge in [0.1, 0.15) is 16.9 Å². The number of anilines is 1. The lowest BCUT2D eigenvalue weighted by molar-refractivity contribution is 0.414. The van der Waals surface area contributed by atoms with Crippen LogP contribution in [0.4, 0.5) is 5.82 Å². The van der Waals surface area contributed by atoms with Crippen LogP contribution in [0.5, 0.6) is 5.75 Å². The molecule has 0 spiro atoms. The van der Waals surface area contributed by atoms with Crippen molar-refractivity contribution in [3.8, 4) is 5.75 Å². The lowest BCUT2D eigenvalue weighted by atomic mass is 10.2. The highest BCUT2D eigenvalue weighted by molar-refractivity contribution is 5.93. The number of ether oxygens (including phenoxy) is 1. The van der Waals surface area contributed by atoms with Gasteiger partial charge >= 0.3 is 0 Å². The third-order valence-corrected chi connectivity index (χ3v) is 4.04. The summed E-state index contributed by atoms with van der Waals surface area (Å²) < 4.78 is 6.00. The van der Waals surface area contributed by atoms with E-state index in [4.69, 9.17) is 4.74 Å². The number of likely N-dealkylation sites (tertiary alicyclic amines) is 1. The second-order valence-corrected chi connectivity index (χ2v) is 5.90. The SMILES string of the molecule is C=C/C(=C\C=C/C)Oc1ccnc2[nH]nc(NC3CCN(C)C3)c12. The van der Waals surface area contributed by atoms with Crippen LogP contribution in [0.15, 0.2) is 48.9 Å². The highest BCUT2D eigenvalue weighted by Crippen LogP contribution is 2.31. The molecule has 2 aromatic rings. The Hall–Kier alpha value is -2.60. The number of pyridine rings is 1. The fourth-order valence-corrected chi connectivity index (χ4v) is 2.82. The maximum Gasteiger partial charge on any atom is 0.161 e. The van der Waals surface area contributed by atoms with Crippen LogP contribution in [-0.2, 0) is 0 Å². The first-order chi connectivity index (χ1) is 11.7. The minimum absolute atomic E-state index is 0.381. The van der Waals surface area contributed by atoms with E-state index >= 15 is 0 Å². The lowest BCUT2D eigenvalue weighted by Gasteiger charge is -2.13. The third-order valence-electron chi connectivity index (χ3n) is 4.04. The molecule has 1 aliphatic heterocycles. The summed E-state index contributed by atoms with van der Waals surface area (Å²) in [5, 5.41) is 11.7. The van der Waals surface area contributed by atoms with Crippen molar-refractivity contribution in [1.29, 1.82) is 0 Å². The number of likely N-dealkylation sites (N-methyl/N-ethyl adjacent to an activating group) is 1. The van der Waals surface area contributed by atoms with E-state index in [1.807, 2.05) is 31.2 Å². The van der Waals surface area contributed by atoms with E-state index in [-0.39, 0.29) is 0 Å². The molecular formula is C18H23N5O. The number of allylic oxidation sites excluding steroid dienone is 4. The van der Waals surface area contributed by atoms with Gasteiger partial charge in [0.15, 0.2) is 11.5 Å². The predicted molar refractivity (Wildman–Crippen MR) is 97.1 cm³/mol. The molecule has 0 saturated carbocycles. The molecule has 2 aromatic heterocycles. The minimum Gasteiger partial charge on any atom is -0.456 e. The molecule has 1 saturated heterocycles. The van der Waals surface area contributed by atoms with E-state index in [9.17, 15) is 0 Å². The van der Waals surface area contributed by atoms with Gasteiger partial charge in [-0.15, -0.1) is 0 Å². The second-order valence-electron chi connectivity index (χ2n) is 5.90. The minimum atomic E-state index is 0.381. The number of hydrogen-bond donors (Lipinski definition) is 2.